The van der Waals surface area contributed by atoms with Crippen molar-refractivity contribution in [3.05, 3.63) is 88.5 Å². The second-order valence-corrected chi connectivity index (χ2v) is 7.39. The van der Waals surface area contributed by atoms with Crippen LogP contribution in [0.1, 0.15) is 27.9 Å². The molecule has 0 unspecified atom stereocenters. The number of amides is 1. The van der Waals surface area contributed by atoms with Crippen LogP contribution >= 0.6 is 0 Å². The number of pyridine rings is 1. The van der Waals surface area contributed by atoms with Crippen LogP contribution in [0.3, 0.4) is 0 Å². The maximum absolute atomic E-state index is 13.0. The van der Waals surface area contributed by atoms with E-state index in [2.05, 4.69) is 21.4 Å². The third-order valence-corrected chi connectivity index (χ3v) is 5.34. The number of aryl methyl sites for hydroxylation is 4. The van der Waals surface area contributed by atoms with Crippen molar-refractivity contribution >= 4 is 16.8 Å². The van der Waals surface area contributed by atoms with Crippen LogP contribution in [0.15, 0.2) is 66.2 Å². The highest BCUT2D eigenvalue weighted by atomic mass is 16.2. The largest absolute Gasteiger partial charge is 0.361 e. The van der Waals surface area contributed by atoms with Gasteiger partial charge in [0, 0.05) is 55.3 Å². The molecule has 0 aliphatic carbocycles. The molecule has 3 heterocycles. The van der Waals surface area contributed by atoms with Gasteiger partial charge >= 0.3 is 0 Å². The smallest absolute Gasteiger partial charge is 0.263 e. The molecule has 0 atom stereocenters. The molecule has 7 heteroatoms. The van der Waals surface area contributed by atoms with Gasteiger partial charge in [-0.1, -0.05) is 18.2 Å². The summed E-state index contributed by atoms with van der Waals surface area (Å²) in [5, 5.41) is 4.03. The highest BCUT2D eigenvalue weighted by Crippen LogP contribution is 2.18. The van der Waals surface area contributed by atoms with Gasteiger partial charge in [-0.3, -0.25) is 9.59 Å². The van der Waals surface area contributed by atoms with E-state index in [1.807, 2.05) is 41.2 Å². The third kappa shape index (κ3) is 4.20. The molecule has 0 saturated heterocycles. The molecule has 1 amide bonds. The molecule has 1 aromatic carbocycles. The molecule has 0 radical (unpaired) electrons. The summed E-state index contributed by atoms with van der Waals surface area (Å²) in [6, 6.07) is 9.94. The quantitative estimate of drug-likeness (QED) is 0.444. The van der Waals surface area contributed by atoms with Crippen LogP contribution in [-0.4, -0.2) is 31.6 Å². The number of fused-ring (bicyclic) bond motifs is 1. The van der Waals surface area contributed by atoms with Gasteiger partial charge < -0.3 is 19.4 Å². The molecule has 2 N–H and O–H groups in total. The molecule has 30 heavy (non-hydrogen) atoms. The van der Waals surface area contributed by atoms with Crippen molar-refractivity contribution in [1.29, 1.82) is 0 Å². The minimum absolute atomic E-state index is 0.221. The van der Waals surface area contributed by atoms with Gasteiger partial charge in [0.15, 0.2) is 0 Å². The Bertz CT molecular complexity index is 1200. The van der Waals surface area contributed by atoms with Crippen LogP contribution < -0.4 is 10.9 Å². The summed E-state index contributed by atoms with van der Waals surface area (Å²) in [5.41, 5.74) is 2.90. The van der Waals surface area contributed by atoms with Crippen molar-refractivity contribution in [3.63, 3.8) is 0 Å². The summed E-state index contributed by atoms with van der Waals surface area (Å²) < 4.78 is 3.58. The first-order valence-corrected chi connectivity index (χ1v) is 10.1. The molecule has 0 bridgehead atoms. The zero-order chi connectivity index (χ0) is 20.9. The lowest BCUT2D eigenvalue weighted by molar-refractivity contribution is 0.0950. The van der Waals surface area contributed by atoms with Crippen LogP contribution in [0.2, 0.25) is 0 Å². The molecule has 0 fully saturated rings. The van der Waals surface area contributed by atoms with E-state index in [0.29, 0.717) is 25.1 Å². The van der Waals surface area contributed by atoms with E-state index < -0.39 is 0 Å². The number of imidazole rings is 1. The number of hydrogen-bond acceptors (Lipinski definition) is 3. The first-order valence-electron chi connectivity index (χ1n) is 10.1. The van der Waals surface area contributed by atoms with E-state index in [0.717, 1.165) is 29.4 Å². The fourth-order valence-corrected chi connectivity index (χ4v) is 3.67. The Kier molecular flexibility index (Phi) is 5.79. The lowest BCUT2D eigenvalue weighted by Gasteiger charge is -2.11. The Morgan fingerprint density at radius 3 is 2.87 bits per heavy atom. The normalized spacial score (nSPS) is 11.1. The summed E-state index contributed by atoms with van der Waals surface area (Å²) >= 11 is 0. The predicted octanol–water partition coefficient (Wildman–Crippen LogP) is 2.90. The first-order chi connectivity index (χ1) is 14.6. The number of carbonyl (C=O) groups excluding carboxylic acids is 1. The summed E-state index contributed by atoms with van der Waals surface area (Å²) in [7, 11) is 0. The lowest BCUT2D eigenvalue weighted by Crippen LogP contribution is -2.35. The number of para-hydroxylation sites is 1. The number of benzene rings is 1. The number of nitrogens with zero attached hydrogens (tertiary/aromatic N) is 3. The number of H-pyrrole nitrogens is 1. The van der Waals surface area contributed by atoms with Crippen LogP contribution in [0.5, 0.6) is 0 Å². The number of aromatic nitrogens is 4. The molecule has 0 aliphatic heterocycles. The maximum Gasteiger partial charge on any atom is 0.263 e. The Hall–Kier alpha value is -3.61. The molecular formula is C23H25N5O2. The van der Waals surface area contributed by atoms with Gasteiger partial charge in [0.1, 0.15) is 5.56 Å². The monoisotopic (exact) mass is 403 g/mol. The van der Waals surface area contributed by atoms with E-state index in [1.54, 1.807) is 30.2 Å². The molecule has 0 spiro atoms. The summed E-state index contributed by atoms with van der Waals surface area (Å²) in [6.07, 6.45) is 10.6. The predicted molar refractivity (Wildman–Crippen MR) is 117 cm³/mol. The lowest BCUT2D eigenvalue weighted by atomic mass is 10.1. The summed E-state index contributed by atoms with van der Waals surface area (Å²) in [5.74, 6) is -0.315. The van der Waals surface area contributed by atoms with E-state index in [-0.39, 0.29) is 17.0 Å². The molecule has 4 aromatic rings. The number of nitrogens with one attached hydrogen (secondary N) is 2. The van der Waals surface area contributed by atoms with Crippen LogP contribution in [0, 0.1) is 6.92 Å². The van der Waals surface area contributed by atoms with Crippen molar-refractivity contribution in [1.82, 2.24) is 24.4 Å². The number of rotatable bonds is 8. The summed E-state index contributed by atoms with van der Waals surface area (Å²) in [4.78, 5) is 32.9. The molecule has 0 aliphatic rings. The SMILES string of the molecule is Cc1ccn(CCc2c[nH]c3ccccc23)c(=O)c1C(=O)NCCCn1ccnc1. The molecule has 7 nitrogen and oxygen atoms in total. The van der Waals surface area contributed by atoms with Gasteiger partial charge in [0.25, 0.3) is 11.5 Å². The number of carbonyl (C=O) groups is 1. The highest BCUT2D eigenvalue weighted by molar-refractivity contribution is 5.95. The third-order valence-electron chi connectivity index (χ3n) is 5.34. The minimum Gasteiger partial charge on any atom is -0.361 e. The zero-order valence-electron chi connectivity index (χ0n) is 17.0. The molecule has 3 aromatic heterocycles. The van der Waals surface area contributed by atoms with Gasteiger partial charge in [0.05, 0.1) is 6.33 Å². The van der Waals surface area contributed by atoms with Crippen molar-refractivity contribution < 1.29 is 4.79 Å². The standard InChI is InChI=1S/C23H25N5O2/c1-17-7-12-28(13-8-18-15-26-20-6-3-2-5-19(18)20)23(30)21(17)22(29)25-9-4-11-27-14-10-24-16-27/h2-3,5-7,10,12,14-16,26H,4,8-9,11,13H2,1H3,(H,25,29). The minimum atomic E-state index is -0.315. The van der Waals surface area contributed by atoms with Crippen LogP contribution in [0.25, 0.3) is 10.9 Å². The van der Waals surface area contributed by atoms with Gasteiger partial charge in [-0.25, -0.2) is 4.98 Å². The van der Waals surface area contributed by atoms with E-state index in [9.17, 15) is 9.59 Å². The second-order valence-electron chi connectivity index (χ2n) is 7.39. The average Bonchev–Trinajstić information content (AvgIpc) is 3.41. The molecule has 0 saturated carbocycles. The van der Waals surface area contributed by atoms with Crippen molar-refractivity contribution in [3.8, 4) is 0 Å². The average molecular weight is 403 g/mol. The highest BCUT2D eigenvalue weighted by Gasteiger charge is 2.15. The van der Waals surface area contributed by atoms with Gasteiger partial charge in [0.2, 0.25) is 0 Å². The number of aromatic amines is 1. The van der Waals surface area contributed by atoms with E-state index >= 15 is 0 Å². The van der Waals surface area contributed by atoms with Crippen molar-refractivity contribution in [2.75, 3.05) is 6.54 Å². The van der Waals surface area contributed by atoms with Crippen LogP contribution in [0.4, 0.5) is 0 Å². The Labute approximate surface area is 174 Å². The van der Waals surface area contributed by atoms with Gasteiger partial charge in [-0.15, -0.1) is 0 Å². The van der Waals surface area contributed by atoms with Crippen LogP contribution in [-0.2, 0) is 19.5 Å². The summed E-state index contributed by atoms with van der Waals surface area (Å²) in [6.45, 7) is 3.58. The fourth-order valence-electron chi connectivity index (χ4n) is 3.67. The van der Waals surface area contributed by atoms with E-state index in [1.165, 1.54) is 0 Å². The maximum atomic E-state index is 13.0. The Morgan fingerprint density at radius 2 is 2.03 bits per heavy atom. The van der Waals surface area contributed by atoms with Crippen molar-refractivity contribution in [2.24, 2.45) is 0 Å². The first kappa shape index (κ1) is 19.7. The zero-order valence-corrected chi connectivity index (χ0v) is 17.0. The second kappa shape index (κ2) is 8.82. The molecule has 4 rings (SSSR count). The van der Waals surface area contributed by atoms with Crippen molar-refractivity contribution in [2.45, 2.75) is 32.9 Å². The van der Waals surface area contributed by atoms with Gasteiger partial charge in [-0.2, -0.15) is 0 Å². The Morgan fingerprint density at radius 1 is 1.17 bits per heavy atom. The van der Waals surface area contributed by atoms with E-state index in [4.69, 9.17) is 0 Å². The fraction of sp³-hybridized carbons (Fsp3) is 0.261. The molecule has 154 valence electrons. The molecular weight excluding hydrogens is 378 g/mol. The topological polar surface area (TPSA) is 84.7 Å². The Balaban J connectivity index is 1.42. The van der Waals surface area contributed by atoms with Gasteiger partial charge in [-0.05, 0) is 43.0 Å². The number of hydrogen-bond donors (Lipinski definition) is 2.